The number of aliphatic imine (C=N–C) groups is 1. The topological polar surface area (TPSA) is 105 Å². The second-order valence-corrected chi connectivity index (χ2v) is 4.16. The Labute approximate surface area is 93.8 Å². The second kappa shape index (κ2) is 3.64. The van der Waals surface area contributed by atoms with Crippen LogP contribution in [0.2, 0.25) is 0 Å². The molecule has 1 atom stereocenters. The monoisotopic (exact) mass is 220 g/mol. The van der Waals surface area contributed by atoms with Gasteiger partial charge >= 0.3 is 0 Å². The minimum Gasteiger partial charge on any atom is -0.370 e. The number of nitrogens with one attached hydrogen (secondary N) is 2. The number of H-pyrrole nitrogens is 1. The molecule has 6 N–H and O–H groups in total. The quantitative estimate of drug-likeness (QED) is 0.566. The molecule has 86 valence electrons. The number of nitrogens with zero attached hydrogens (tertiary/aromatic N) is 2. The molecule has 0 saturated carbocycles. The molecule has 0 fully saturated rings. The van der Waals surface area contributed by atoms with Crippen molar-refractivity contribution < 1.29 is 0 Å². The molecule has 2 rings (SSSR count). The second-order valence-electron chi connectivity index (χ2n) is 4.16. The Morgan fingerprint density at radius 2 is 2.19 bits per heavy atom. The Hall–Kier alpha value is -1.82. The van der Waals surface area contributed by atoms with E-state index in [2.05, 4.69) is 34.4 Å². The third-order valence-electron chi connectivity index (χ3n) is 2.50. The molecule has 0 saturated heterocycles. The molecule has 0 aliphatic carbocycles. The maximum absolute atomic E-state index is 6.11. The highest BCUT2D eigenvalue weighted by Crippen LogP contribution is 2.23. The first kappa shape index (κ1) is 10.7. The van der Waals surface area contributed by atoms with Crippen LogP contribution >= 0.6 is 0 Å². The van der Waals surface area contributed by atoms with Crippen molar-refractivity contribution in [1.29, 1.82) is 0 Å². The van der Waals surface area contributed by atoms with Crippen molar-refractivity contribution in [2.24, 2.45) is 16.5 Å². The van der Waals surface area contributed by atoms with Crippen LogP contribution in [0.3, 0.4) is 0 Å². The third-order valence-corrected chi connectivity index (χ3v) is 2.50. The Morgan fingerprint density at radius 3 is 2.75 bits per heavy atom. The molecule has 2 heterocycles. The highest BCUT2D eigenvalue weighted by atomic mass is 15.2. The van der Waals surface area contributed by atoms with Crippen molar-refractivity contribution in [2.45, 2.75) is 25.4 Å². The first-order valence-corrected chi connectivity index (χ1v) is 5.15. The molecule has 0 spiro atoms. The number of rotatable bonds is 2. The van der Waals surface area contributed by atoms with E-state index in [0.29, 0.717) is 17.6 Å². The lowest BCUT2D eigenvalue weighted by Gasteiger charge is -2.22. The molecule has 6 nitrogen and oxygen atoms in total. The van der Waals surface area contributed by atoms with Gasteiger partial charge in [0.25, 0.3) is 0 Å². The van der Waals surface area contributed by atoms with Gasteiger partial charge in [0, 0.05) is 11.9 Å². The highest BCUT2D eigenvalue weighted by Gasteiger charge is 2.29. The zero-order valence-corrected chi connectivity index (χ0v) is 9.36. The van der Waals surface area contributed by atoms with E-state index in [1.54, 1.807) is 12.3 Å². The van der Waals surface area contributed by atoms with Gasteiger partial charge in [0.05, 0.1) is 0 Å². The standard InChI is InChI=1S/C10H16N6/c1-6(2)7-5-8(16-15-7)10(12)3-4-13-9(11)14-10/h3-6H,12H2,1-2H3,(H,15,16)(H3,11,13,14). The van der Waals surface area contributed by atoms with Crippen molar-refractivity contribution in [1.82, 2.24) is 15.5 Å². The van der Waals surface area contributed by atoms with Crippen molar-refractivity contribution >= 4 is 5.96 Å². The van der Waals surface area contributed by atoms with E-state index in [0.717, 1.165) is 5.69 Å². The summed E-state index contributed by atoms with van der Waals surface area (Å²) in [4.78, 5) is 4.15. The first-order chi connectivity index (χ1) is 7.51. The average Bonchev–Trinajstić information content (AvgIpc) is 2.66. The predicted octanol–water partition coefficient (Wildman–Crippen LogP) is 0.0762. The lowest BCUT2D eigenvalue weighted by molar-refractivity contribution is 0.559. The normalized spacial score (nSPS) is 24.4. The van der Waals surface area contributed by atoms with E-state index in [1.807, 2.05) is 6.07 Å². The van der Waals surface area contributed by atoms with Gasteiger partial charge in [-0.1, -0.05) is 13.8 Å². The molecule has 1 aromatic heterocycles. The van der Waals surface area contributed by atoms with Gasteiger partial charge in [-0.3, -0.25) is 10.8 Å². The Bertz CT molecular complexity index is 444. The number of hydrogen-bond donors (Lipinski definition) is 4. The smallest absolute Gasteiger partial charge is 0.195 e. The number of guanidine groups is 1. The lowest BCUT2D eigenvalue weighted by Crippen LogP contribution is -2.42. The van der Waals surface area contributed by atoms with E-state index >= 15 is 0 Å². The van der Waals surface area contributed by atoms with Crippen LogP contribution in [-0.2, 0) is 5.66 Å². The van der Waals surface area contributed by atoms with Crippen LogP contribution in [-0.4, -0.2) is 16.2 Å². The van der Waals surface area contributed by atoms with Crippen molar-refractivity contribution in [3.05, 3.63) is 29.7 Å². The molecular weight excluding hydrogens is 204 g/mol. The minimum atomic E-state index is -0.973. The van der Waals surface area contributed by atoms with Crippen molar-refractivity contribution in [3.63, 3.8) is 0 Å². The molecule has 0 bridgehead atoms. The summed E-state index contributed by atoms with van der Waals surface area (Å²) in [5, 5.41) is 9.89. The van der Waals surface area contributed by atoms with E-state index < -0.39 is 5.66 Å². The maximum Gasteiger partial charge on any atom is 0.195 e. The summed E-state index contributed by atoms with van der Waals surface area (Å²) in [7, 11) is 0. The summed E-state index contributed by atoms with van der Waals surface area (Å²) >= 11 is 0. The molecule has 0 radical (unpaired) electrons. The number of hydrogen-bond acceptors (Lipinski definition) is 5. The lowest BCUT2D eigenvalue weighted by atomic mass is 10.0. The number of aromatic nitrogens is 2. The third kappa shape index (κ3) is 1.79. The van der Waals surface area contributed by atoms with Crippen LogP contribution in [0.4, 0.5) is 0 Å². The number of nitrogens with two attached hydrogens (primary N) is 2. The molecule has 1 aliphatic rings. The Balaban J connectivity index is 2.35. The fourth-order valence-corrected chi connectivity index (χ4v) is 1.50. The molecule has 0 amide bonds. The van der Waals surface area contributed by atoms with Crippen LogP contribution < -0.4 is 16.8 Å². The summed E-state index contributed by atoms with van der Waals surface area (Å²) in [5.41, 5.74) is 12.4. The minimum absolute atomic E-state index is 0.291. The predicted molar refractivity (Wildman–Crippen MR) is 62.4 cm³/mol. The Morgan fingerprint density at radius 1 is 1.44 bits per heavy atom. The van der Waals surface area contributed by atoms with Gasteiger partial charge in [0.15, 0.2) is 11.6 Å². The van der Waals surface area contributed by atoms with E-state index in [4.69, 9.17) is 11.5 Å². The van der Waals surface area contributed by atoms with Gasteiger partial charge in [-0.2, -0.15) is 5.10 Å². The summed E-state index contributed by atoms with van der Waals surface area (Å²) in [6.45, 7) is 4.16. The fourth-order valence-electron chi connectivity index (χ4n) is 1.50. The molecular formula is C10H16N6. The summed E-state index contributed by atoms with van der Waals surface area (Å²) < 4.78 is 0. The van der Waals surface area contributed by atoms with E-state index in [9.17, 15) is 0 Å². The summed E-state index contributed by atoms with van der Waals surface area (Å²) in [6, 6.07) is 1.91. The van der Waals surface area contributed by atoms with Gasteiger partial charge in [0.1, 0.15) is 5.69 Å². The SMILES string of the molecule is CC(C)c1cc(C2(N)C=CNC(N)=N2)n[nH]1. The van der Waals surface area contributed by atoms with Crippen LogP contribution in [0.5, 0.6) is 0 Å². The van der Waals surface area contributed by atoms with Crippen LogP contribution in [0.25, 0.3) is 0 Å². The van der Waals surface area contributed by atoms with Gasteiger partial charge in [-0.05, 0) is 18.1 Å². The van der Waals surface area contributed by atoms with Crippen LogP contribution in [0.15, 0.2) is 23.3 Å². The summed E-state index contributed by atoms with van der Waals surface area (Å²) in [6.07, 6.45) is 3.40. The van der Waals surface area contributed by atoms with Gasteiger partial charge in [-0.25, -0.2) is 4.99 Å². The van der Waals surface area contributed by atoms with Gasteiger partial charge < -0.3 is 11.1 Å². The van der Waals surface area contributed by atoms with E-state index in [1.165, 1.54) is 0 Å². The Kier molecular flexibility index (Phi) is 2.43. The maximum atomic E-state index is 6.11. The zero-order valence-electron chi connectivity index (χ0n) is 9.36. The van der Waals surface area contributed by atoms with Gasteiger partial charge in [-0.15, -0.1) is 0 Å². The van der Waals surface area contributed by atoms with Crippen LogP contribution in [0.1, 0.15) is 31.2 Å². The molecule has 16 heavy (non-hydrogen) atoms. The largest absolute Gasteiger partial charge is 0.370 e. The average molecular weight is 220 g/mol. The van der Waals surface area contributed by atoms with Crippen molar-refractivity contribution in [2.75, 3.05) is 0 Å². The molecule has 1 unspecified atom stereocenters. The highest BCUT2D eigenvalue weighted by molar-refractivity contribution is 5.80. The van der Waals surface area contributed by atoms with Crippen molar-refractivity contribution in [3.8, 4) is 0 Å². The molecule has 6 heteroatoms. The zero-order chi connectivity index (χ0) is 11.8. The fraction of sp³-hybridized carbons (Fsp3) is 0.400. The molecule has 0 aromatic carbocycles. The van der Waals surface area contributed by atoms with Gasteiger partial charge in [0.2, 0.25) is 0 Å². The first-order valence-electron chi connectivity index (χ1n) is 5.15. The number of aromatic amines is 1. The van der Waals surface area contributed by atoms with E-state index in [-0.39, 0.29) is 0 Å². The summed E-state index contributed by atoms with van der Waals surface area (Å²) in [5.74, 6) is 0.663. The molecule has 1 aliphatic heterocycles. The molecule has 1 aromatic rings. The van der Waals surface area contributed by atoms with Crippen LogP contribution in [0, 0.1) is 0 Å².